The molecule has 0 saturated heterocycles. The Morgan fingerprint density at radius 1 is 1.50 bits per heavy atom. The molecule has 0 aliphatic carbocycles. The van der Waals surface area contributed by atoms with Crippen LogP contribution in [0, 0.1) is 6.92 Å². The zero-order valence-electron chi connectivity index (χ0n) is 8.04. The number of carbonyl (C=O) groups excluding carboxylic acids is 1. The van der Waals surface area contributed by atoms with Crippen LogP contribution in [0.25, 0.3) is 0 Å². The van der Waals surface area contributed by atoms with E-state index >= 15 is 0 Å². The molecular weight excluding hydrogens is 200 g/mol. The number of hydrogen-bond acceptors (Lipinski definition) is 2. The van der Waals surface area contributed by atoms with Crippen molar-refractivity contribution < 1.29 is 4.79 Å². The Bertz CT molecular complexity index is 417. The number of nitrogens with two attached hydrogens (primary N) is 1. The monoisotopic (exact) mass is 210 g/mol. The predicted octanol–water partition coefficient (Wildman–Crippen LogP) is 1.62. The van der Waals surface area contributed by atoms with E-state index < -0.39 is 6.04 Å². The second-order valence-corrected chi connectivity index (χ2v) is 3.89. The Labute approximate surface area is 87.4 Å². The lowest BCUT2D eigenvalue weighted by Gasteiger charge is -2.13. The Morgan fingerprint density at radius 3 is 2.79 bits per heavy atom. The van der Waals surface area contributed by atoms with Crippen molar-refractivity contribution >= 4 is 23.2 Å². The first kappa shape index (κ1) is 9.49. The molecule has 14 heavy (non-hydrogen) atoms. The summed E-state index contributed by atoms with van der Waals surface area (Å²) in [6.45, 7) is 1.89. The molecule has 1 heterocycles. The minimum Gasteiger partial charge on any atom is -0.316 e. The van der Waals surface area contributed by atoms with Crippen molar-refractivity contribution in [3.63, 3.8) is 0 Å². The van der Waals surface area contributed by atoms with Crippen LogP contribution in [0.1, 0.15) is 17.2 Å². The van der Waals surface area contributed by atoms with E-state index in [1.165, 1.54) is 0 Å². The summed E-state index contributed by atoms with van der Waals surface area (Å²) in [5, 5.41) is 0.664. The molecule has 1 atom stereocenters. The Balaban J connectivity index is 2.70. The summed E-state index contributed by atoms with van der Waals surface area (Å²) in [5.74, 6) is -0.0784. The predicted molar refractivity (Wildman–Crippen MR) is 56.5 cm³/mol. The fourth-order valence-electron chi connectivity index (χ4n) is 1.84. The van der Waals surface area contributed by atoms with Gasteiger partial charge in [0, 0.05) is 17.6 Å². The quantitative estimate of drug-likeness (QED) is 0.708. The number of anilines is 1. The van der Waals surface area contributed by atoms with Crippen LogP contribution in [0.2, 0.25) is 5.02 Å². The average Bonchev–Trinajstić information content (AvgIpc) is 2.38. The fraction of sp³-hybridized carbons (Fsp3) is 0.300. The summed E-state index contributed by atoms with van der Waals surface area (Å²) < 4.78 is 0. The Hall–Kier alpha value is -1.06. The molecule has 0 saturated carbocycles. The molecule has 0 bridgehead atoms. The zero-order valence-corrected chi connectivity index (χ0v) is 8.80. The van der Waals surface area contributed by atoms with Crippen LogP contribution in [0.5, 0.6) is 0 Å². The smallest absolute Gasteiger partial charge is 0.248 e. The van der Waals surface area contributed by atoms with Crippen molar-refractivity contribution in [1.82, 2.24) is 0 Å². The minimum absolute atomic E-state index is 0.0784. The number of halogens is 1. The molecule has 1 unspecified atom stereocenters. The number of amides is 1. The summed E-state index contributed by atoms with van der Waals surface area (Å²) in [4.78, 5) is 13.2. The molecule has 0 fully saturated rings. The lowest BCUT2D eigenvalue weighted by atomic mass is 10.1. The van der Waals surface area contributed by atoms with E-state index in [0.29, 0.717) is 5.02 Å². The van der Waals surface area contributed by atoms with Gasteiger partial charge in [0.25, 0.3) is 0 Å². The van der Waals surface area contributed by atoms with Gasteiger partial charge in [0.15, 0.2) is 0 Å². The maximum atomic E-state index is 11.6. The van der Waals surface area contributed by atoms with Gasteiger partial charge in [0.1, 0.15) is 6.04 Å². The van der Waals surface area contributed by atoms with Crippen LogP contribution in [0.3, 0.4) is 0 Å². The SMILES string of the molecule is Cc1c(Cl)ccc2c1N(C)C(=O)C2N. The third kappa shape index (κ3) is 1.06. The summed E-state index contributed by atoms with van der Waals surface area (Å²) in [6, 6.07) is 3.06. The first-order chi connectivity index (χ1) is 6.54. The van der Waals surface area contributed by atoms with Crippen LogP contribution >= 0.6 is 11.6 Å². The molecule has 3 nitrogen and oxygen atoms in total. The molecule has 1 aliphatic rings. The first-order valence-electron chi connectivity index (χ1n) is 4.36. The zero-order chi connectivity index (χ0) is 10.5. The second kappa shape index (κ2) is 2.97. The van der Waals surface area contributed by atoms with Crippen LogP contribution in [-0.4, -0.2) is 13.0 Å². The molecule has 4 heteroatoms. The molecule has 1 aromatic carbocycles. The van der Waals surface area contributed by atoms with E-state index in [2.05, 4.69) is 0 Å². The van der Waals surface area contributed by atoms with Gasteiger partial charge in [-0.05, 0) is 18.6 Å². The molecule has 2 rings (SSSR count). The van der Waals surface area contributed by atoms with E-state index in [1.807, 2.05) is 13.0 Å². The van der Waals surface area contributed by atoms with E-state index in [-0.39, 0.29) is 5.91 Å². The standard InChI is InChI=1S/C10H11ClN2O/c1-5-7(11)4-3-6-8(12)10(14)13(2)9(5)6/h3-4,8H,12H2,1-2H3. The molecule has 1 aliphatic heterocycles. The van der Waals surface area contributed by atoms with E-state index in [0.717, 1.165) is 16.8 Å². The second-order valence-electron chi connectivity index (χ2n) is 3.49. The number of fused-ring (bicyclic) bond motifs is 1. The minimum atomic E-state index is -0.536. The summed E-state index contributed by atoms with van der Waals surface area (Å²) in [6.07, 6.45) is 0. The van der Waals surface area contributed by atoms with Crippen molar-refractivity contribution in [2.24, 2.45) is 5.73 Å². The molecule has 1 amide bonds. The van der Waals surface area contributed by atoms with Gasteiger partial charge in [-0.2, -0.15) is 0 Å². The summed E-state index contributed by atoms with van der Waals surface area (Å²) >= 11 is 5.97. The van der Waals surface area contributed by atoms with Gasteiger partial charge < -0.3 is 10.6 Å². The van der Waals surface area contributed by atoms with Gasteiger partial charge in [-0.3, -0.25) is 4.79 Å². The molecule has 1 aromatic rings. The van der Waals surface area contributed by atoms with Gasteiger partial charge >= 0.3 is 0 Å². The first-order valence-corrected chi connectivity index (χ1v) is 4.74. The Kier molecular flexibility index (Phi) is 2.01. The van der Waals surface area contributed by atoms with Crippen molar-refractivity contribution in [3.05, 3.63) is 28.3 Å². The average molecular weight is 211 g/mol. The van der Waals surface area contributed by atoms with Crippen LogP contribution in [0.15, 0.2) is 12.1 Å². The topological polar surface area (TPSA) is 46.3 Å². The molecule has 0 aromatic heterocycles. The van der Waals surface area contributed by atoms with Gasteiger partial charge in [0.05, 0.1) is 5.69 Å². The van der Waals surface area contributed by atoms with Crippen molar-refractivity contribution in [3.8, 4) is 0 Å². The van der Waals surface area contributed by atoms with Crippen LogP contribution in [0.4, 0.5) is 5.69 Å². The van der Waals surface area contributed by atoms with Crippen LogP contribution in [-0.2, 0) is 4.79 Å². The van der Waals surface area contributed by atoms with Gasteiger partial charge in [-0.25, -0.2) is 0 Å². The van der Waals surface area contributed by atoms with Crippen molar-refractivity contribution in [2.75, 3.05) is 11.9 Å². The highest BCUT2D eigenvalue weighted by Gasteiger charge is 2.33. The van der Waals surface area contributed by atoms with Gasteiger partial charge in [-0.15, -0.1) is 0 Å². The molecule has 0 spiro atoms. The molecule has 74 valence electrons. The van der Waals surface area contributed by atoms with Crippen LogP contribution < -0.4 is 10.6 Å². The molecular formula is C10H11ClN2O. The molecule has 2 N–H and O–H groups in total. The number of benzene rings is 1. The lowest BCUT2D eigenvalue weighted by Crippen LogP contribution is -2.28. The third-order valence-corrected chi connectivity index (χ3v) is 3.07. The van der Waals surface area contributed by atoms with E-state index in [1.54, 1.807) is 18.0 Å². The van der Waals surface area contributed by atoms with E-state index in [9.17, 15) is 4.79 Å². The van der Waals surface area contributed by atoms with Crippen molar-refractivity contribution in [2.45, 2.75) is 13.0 Å². The highest BCUT2D eigenvalue weighted by Crippen LogP contribution is 2.38. The number of carbonyl (C=O) groups is 1. The number of nitrogens with zero attached hydrogens (tertiary/aromatic N) is 1. The molecule has 0 radical (unpaired) electrons. The van der Waals surface area contributed by atoms with Crippen molar-refractivity contribution in [1.29, 1.82) is 0 Å². The largest absolute Gasteiger partial charge is 0.316 e. The summed E-state index contributed by atoms with van der Waals surface area (Å²) in [5.41, 5.74) is 8.39. The van der Waals surface area contributed by atoms with E-state index in [4.69, 9.17) is 17.3 Å². The number of likely N-dealkylation sites (N-methyl/N-ethyl adjacent to an activating group) is 1. The van der Waals surface area contributed by atoms with Gasteiger partial charge in [0.2, 0.25) is 5.91 Å². The number of hydrogen-bond donors (Lipinski definition) is 1. The highest BCUT2D eigenvalue weighted by atomic mass is 35.5. The maximum Gasteiger partial charge on any atom is 0.248 e. The third-order valence-electron chi connectivity index (χ3n) is 2.66. The normalized spacial score (nSPS) is 20.1. The number of rotatable bonds is 0. The Morgan fingerprint density at radius 2 is 2.14 bits per heavy atom. The highest BCUT2D eigenvalue weighted by molar-refractivity contribution is 6.32. The van der Waals surface area contributed by atoms with Gasteiger partial charge in [-0.1, -0.05) is 17.7 Å². The lowest BCUT2D eigenvalue weighted by molar-refractivity contribution is -0.118. The summed E-state index contributed by atoms with van der Waals surface area (Å²) in [7, 11) is 1.72. The maximum absolute atomic E-state index is 11.6. The fourth-order valence-corrected chi connectivity index (χ4v) is 2.00.